The number of nitrogens with one attached hydrogen (secondary N) is 1. The molecule has 58 valence electrons. The molecule has 0 aromatic rings. The van der Waals surface area contributed by atoms with E-state index in [1.54, 1.807) is 6.21 Å². The van der Waals surface area contributed by atoms with Crippen LogP contribution in [0.15, 0.2) is 10.2 Å². The van der Waals surface area contributed by atoms with Crippen LogP contribution < -0.4 is 11.3 Å². The Bertz CT molecular complexity index is 137. The number of hydrazone groups is 2. The van der Waals surface area contributed by atoms with E-state index in [9.17, 15) is 0 Å². The van der Waals surface area contributed by atoms with Crippen molar-refractivity contribution in [2.75, 3.05) is 0 Å². The van der Waals surface area contributed by atoms with E-state index in [2.05, 4.69) is 15.6 Å². The largest absolute Gasteiger partial charge is 0.322 e. The normalized spacial score (nSPS) is 13.0. The molecule has 0 spiro atoms. The number of hydrogen-bond acceptors (Lipinski definition) is 3. The number of hydrogen-bond donors (Lipinski definition) is 2. The van der Waals surface area contributed by atoms with Gasteiger partial charge in [-0.25, -0.2) is 0 Å². The SMILES string of the molecule is C/C=N/N/C(=N/N)C(C)C. The van der Waals surface area contributed by atoms with Crippen LogP contribution in [0.3, 0.4) is 0 Å². The number of nitrogens with two attached hydrogens (primary N) is 1. The van der Waals surface area contributed by atoms with E-state index in [1.165, 1.54) is 0 Å². The Balaban J connectivity index is 3.86. The van der Waals surface area contributed by atoms with E-state index in [4.69, 9.17) is 5.84 Å². The number of amidine groups is 1. The molecular weight excluding hydrogens is 128 g/mol. The maximum Gasteiger partial charge on any atom is 0.144 e. The Hall–Kier alpha value is -1.06. The van der Waals surface area contributed by atoms with E-state index in [-0.39, 0.29) is 5.92 Å². The standard InChI is InChI=1S/C6H14N4/c1-4-8-10-6(9-7)5(2)3/h4-5H,7H2,1-3H3,(H,9,10)/b8-4+. The Morgan fingerprint density at radius 1 is 1.60 bits per heavy atom. The molecule has 0 aliphatic rings. The average Bonchev–Trinajstić information content (AvgIpc) is 1.89. The molecule has 4 heteroatoms. The monoisotopic (exact) mass is 142 g/mol. The second-order valence-electron chi connectivity index (χ2n) is 2.17. The summed E-state index contributed by atoms with van der Waals surface area (Å²) in [4.78, 5) is 0. The van der Waals surface area contributed by atoms with Crippen molar-refractivity contribution in [1.29, 1.82) is 0 Å². The van der Waals surface area contributed by atoms with Crippen LogP contribution in [0.2, 0.25) is 0 Å². The van der Waals surface area contributed by atoms with Gasteiger partial charge in [0.05, 0.1) is 0 Å². The summed E-state index contributed by atoms with van der Waals surface area (Å²) in [6, 6.07) is 0. The van der Waals surface area contributed by atoms with Crippen molar-refractivity contribution in [3.05, 3.63) is 0 Å². The summed E-state index contributed by atoms with van der Waals surface area (Å²) >= 11 is 0. The van der Waals surface area contributed by atoms with Gasteiger partial charge in [-0.15, -0.1) is 0 Å². The Labute approximate surface area is 61.2 Å². The third kappa shape index (κ3) is 3.06. The smallest absolute Gasteiger partial charge is 0.144 e. The average molecular weight is 142 g/mol. The van der Waals surface area contributed by atoms with E-state index in [1.807, 2.05) is 20.8 Å². The molecule has 0 unspecified atom stereocenters. The third-order valence-corrected chi connectivity index (χ3v) is 0.994. The van der Waals surface area contributed by atoms with Crippen molar-refractivity contribution >= 4 is 12.1 Å². The van der Waals surface area contributed by atoms with E-state index in [0.29, 0.717) is 5.84 Å². The van der Waals surface area contributed by atoms with Gasteiger partial charge in [0.15, 0.2) is 0 Å². The summed E-state index contributed by atoms with van der Waals surface area (Å²) in [5, 5.41) is 7.30. The molecule has 0 heterocycles. The third-order valence-electron chi connectivity index (χ3n) is 0.994. The quantitative estimate of drug-likeness (QED) is 0.255. The lowest BCUT2D eigenvalue weighted by Crippen LogP contribution is -2.24. The van der Waals surface area contributed by atoms with Crippen LogP contribution in [0.4, 0.5) is 0 Å². The summed E-state index contributed by atoms with van der Waals surface area (Å²) in [6.07, 6.45) is 1.65. The molecule has 0 aliphatic carbocycles. The Morgan fingerprint density at radius 2 is 2.20 bits per heavy atom. The first-order chi connectivity index (χ1) is 4.72. The zero-order valence-electron chi connectivity index (χ0n) is 6.63. The highest BCUT2D eigenvalue weighted by molar-refractivity contribution is 5.83. The van der Waals surface area contributed by atoms with Crippen LogP contribution >= 0.6 is 0 Å². The first kappa shape index (κ1) is 8.94. The van der Waals surface area contributed by atoms with Crippen LogP contribution in [0.1, 0.15) is 20.8 Å². The van der Waals surface area contributed by atoms with Crippen LogP contribution in [0.5, 0.6) is 0 Å². The van der Waals surface area contributed by atoms with Gasteiger partial charge < -0.3 is 5.84 Å². The lowest BCUT2D eigenvalue weighted by molar-refractivity contribution is 0.806. The predicted molar refractivity (Wildman–Crippen MR) is 43.8 cm³/mol. The van der Waals surface area contributed by atoms with Gasteiger partial charge >= 0.3 is 0 Å². The summed E-state index contributed by atoms with van der Waals surface area (Å²) in [6.45, 7) is 5.80. The van der Waals surface area contributed by atoms with Crippen LogP contribution in [0, 0.1) is 5.92 Å². The molecule has 10 heavy (non-hydrogen) atoms. The predicted octanol–water partition coefficient (Wildman–Crippen LogP) is 0.510. The van der Waals surface area contributed by atoms with Gasteiger partial charge in [0, 0.05) is 12.1 Å². The molecule has 0 saturated heterocycles. The maximum atomic E-state index is 5.07. The van der Waals surface area contributed by atoms with Crippen molar-refractivity contribution in [2.24, 2.45) is 22.0 Å². The highest BCUT2D eigenvalue weighted by Gasteiger charge is 2.00. The minimum Gasteiger partial charge on any atom is -0.322 e. The van der Waals surface area contributed by atoms with Crippen LogP contribution in [0.25, 0.3) is 0 Å². The van der Waals surface area contributed by atoms with Crippen molar-refractivity contribution < 1.29 is 0 Å². The molecule has 0 aromatic heterocycles. The zero-order chi connectivity index (χ0) is 7.98. The first-order valence-electron chi connectivity index (χ1n) is 3.23. The molecule has 0 atom stereocenters. The summed E-state index contributed by atoms with van der Waals surface area (Å²) in [7, 11) is 0. The fourth-order valence-corrected chi connectivity index (χ4v) is 0.438. The number of rotatable bonds is 2. The molecule has 0 aliphatic heterocycles. The van der Waals surface area contributed by atoms with Crippen LogP contribution in [-0.2, 0) is 0 Å². The van der Waals surface area contributed by atoms with E-state index < -0.39 is 0 Å². The minimum atomic E-state index is 0.286. The summed E-state index contributed by atoms with van der Waals surface area (Å²) in [5.74, 6) is 6.04. The first-order valence-corrected chi connectivity index (χ1v) is 3.23. The fraction of sp³-hybridized carbons (Fsp3) is 0.667. The highest BCUT2D eigenvalue weighted by atomic mass is 15.3. The second kappa shape index (κ2) is 4.78. The summed E-state index contributed by atoms with van der Waals surface area (Å²) in [5.41, 5.74) is 2.71. The molecule has 0 aromatic carbocycles. The van der Waals surface area contributed by atoms with Gasteiger partial charge in [-0.05, 0) is 6.92 Å². The van der Waals surface area contributed by atoms with Crippen molar-refractivity contribution in [2.45, 2.75) is 20.8 Å². The Morgan fingerprint density at radius 3 is 2.50 bits per heavy atom. The lowest BCUT2D eigenvalue weighted by atomic mass is 10.2. The van der Waals surface area contributed by atoms with Gasteiger partial charge in [-0.1, -0.05) is 13.8 Å². The fourth-order valence-electron chi connectivity index (χ4n) is 0.438. The lowest BCUT2D eigenvalue weighted by Gasteiger charge is -2.05. The van der Waals surface area contributed by atoms with Gasteiger partial charge in [-0.2, -0.15) is 10.2 Å². The molecule has 0 saturated carbocycles. The van der Waals surface area contributed by atoms with Crippen molar-refractivity contribution in [1.82, 2.24) is 5.43 Å². The van der Waals surface area contributed by atoms with Crippen molar-refractivity contribution in [3.8, 4) is 0 Å². The van der Waals surface area contributed by atoms with Crippen molar-refractivity contribution in [3.63, 3.8) is 0 Å². The molecule has 0 amide bonds. The molecular formula is C6H14N4. The van der Waals surface area contributed by atoms with Gasteiger partial charge in [0.2, 0.25) is 0 Å². The molecule has 0 rings (SSSR count). The van der Waals surface area contributed by atoms with Gasteiger partial charge in [-0.3, -0.25) is 5.43 Å². The van der Waals surface area contributed by atoms with Gasteiger partial charge in [0.25, 0.3) is 0 Å². The second-order valence-corrected chi connectivity index (χ2v) is 2.17. The number of nitrogens with zero attached hydrogens (tertiary/aromatic N) is 2. The summed E-state index contributed by atoms with van der Waals surface area (Å²) < 4.78 is 0. The minimum absolute atomic E-state index is 0.286. The molecule has 4 nitrogen and oxygen atoms in total. The highest BCUT2D eigenvalue weighted by Crippen LogP contribution is 1.91. The van der Waals surface area contributed by atoms with E-state index >= 15 is 0 Å². The Kier molecular flexibility index (Phi) is 4.28. The zero-order valence-corrected chi connectivity index (χ0v) is 6.63. The molecule has 0 fully saturated rings. The topological polar surface area (TPSA) is 62.8 Å². The van der Waals surface area contributed by atoms with E-state index in [0.717, 1.165) is 0 Å². The molecule has 0 radical (unpaired) electrons. The molecule has 0 bridgehead atoms. The van der Waals surface area contributed by atoms with Gasteiger partial charge in [0.1, 0.15) is 5.84 Å². The van der Waals surface area contributed by atoms with Crippen LogP contribution in [-0.4, -0.2) is 12.1 Å². The molecule has 3 N–H and O–H groups in total. The maximum absolute atomic E-state index is 5.07.